The van der Waals surface area contributed by atoms with Gasteiger partial charge in [0, 0.05) is 18.3 Å². The van der Waals surface area contributed by atoms with Gasteiger partial charge in [-0.05, 0) is 30.4 Å². The van der Waals surface area contributed by atoms with Gasteiger partial charge in [0.1, 0.15) is 5.75 Å². The van der Waals surface area contributed by atoms with E-state index in [9.17, 15) is 0 Å². The van der Waals surface area contributed by atoms with Crippen LogP contribution in [0, 0.1) is 0 Å². The summed E-state index contributed by atoms with van der Waals surface area (Å²) in [7, 11) is 1.57. The molecule has 0 bridgehead atoms. The molecule has 6 heteroatoms. The third-order valence-corrected chi connectivity index (χ3v) is 3.84. The number of benzene rings is 1. The van der Waals surface area contributed by atoms with Gasteiger partial charge in [-0.1, -0.05) is 18.1 Å². The summed E-state index contributed by atoms with van der Waals surface area (Å²) in [5.41, 5.74) is 7.31. The summed E-state index contributed by atoms with van der Waals surface area (Å²) >= 11 is 1.84. The van der Waals surface area contributed by atoms with Crippen molar-refractivity contribution in [3.63, 3.8) is 0 Å². The zero-order valence-electron chi connectivity index (χ0n) is 12.2. The monoisotopic (exact) mass is 297 g/mol. The molecule has 1 rings (SSSR count). The second kappa shape index (κ2) is 8.71. The summed E-state index contributed by atoms with van der Waals surface area (Å²) < 4.78 is 5.29. The molecule has 4 N–H and O–H groups in total. The number of rotatable bonds is 8. The van der Waals surface area contributed by atoms with E-state index < -0.39 is 0 Å². The lowest BCUT2D eigenvalue weighted by molar-refractivity contribution is 0.318. The molecule has 112 valence electrons. The number of thioether (sulfide) groups is 1. The molecule has 1 aromatic carbocycles. The maximum Gasteiger partial charge on any atom is 0.173 e. The minimum absolute atomic E-state index is 0.0511. The van der Waals surface area contributed by atoms with Crippen LogP contribution in [0.4, 0.5) is 0 Å². The predicted octanol–water partition coefficient (Wildman–Crippen LogP) is 2.02. The maximum absolute atomic E-state index is 8.74. The van der Waals surface area contributed by atoms with Gasteiger partial charge in [0.2, 0.25) is 0 Å². The third kappa shape index (κ3) is 4.61. The van der Waals surface area contributed by atoms with Crippen LogP contribution in [0.15, 0.2) is 23.4 Å². The molecule has 0 aliphatic rings. The summed E-state index contributed by atoms with van der Waals surface area (Å²) in [6.07, 6.45) is 3.21. The molecule has 0 radical (unpaired) electrons. The Labute approximate surface area is 124 Å². The number of nitrogens with zero attached hydrogens (tertiary/aromatic N) is 1. The molecule has 0 amide bonds. The number of hydrogen-bond acceptors (Lipinski definition) is 5. The lowest BCUT2D eigenvalue weighted by Gasteiger charge is -2.16. The largest absolute Gasteiger partial charge is 0.496 e. The van der Waals surface area contributed by atoms with Crippen LogP contribution in [0.3, 0.4) is 0 Å². The van der Waals surface area contributed by atoms with Crippen molar-refractivity contribution in [2.24, 2.45) is 10.9 Å². The zero-order chi connectivity index (χ0) is 15.0. The molecule has 0 aliphatic heterocycles. The van der Waals surface area contributed by atoms with Gasteiger partial charge < -0.3 is 21.0 Å². The van der Waals surface area contributed by atoms with Crippen molar-refractivity contribution >= 4 is 17.6 Å². The number of nitrogens with one attached hydrogen (secondary N) is 1. The molecule has 1 atom stereocenters. The first-order valence-corrected chi connectivity index (χ1v) is 7.92. The first-order chi connectivity index (χ1) is 9.65. The fourth-order valence-electron chi connectivity index (χ4n) is 1.90. The summed E-state index contributed by atoms with van der Waals surface area (Å²) in [5.74, 6) is 1.75. The minimum atomic E-state index is 0.0511. The number of methoxy groups -OCH3 is 1. The van der Waals surface area contributed by atoms with Crippen molar-refractivity contribution in [1.82, 2.24) is 5.32 Å². The smallest absolute Gasteiger partial charge is 0.173 e. The predicted molar refractivity (Wildman–Crippen MR) is 84.8 cm³/mol. The summed E-state index contributed by atoms with van der Waals surface area (Å²) in [4.78, 5) is 0. The molecule has 0 heterocycles. The van der Waals surface area contributed by atoms with Crippen LogP contribution in [0.1, 0.15) is 24.5 Å². The topological polar surface area (TPSA) is 79.9 Å². The lowest BCUT2D eigenvalue weighted by atomic mass is 10.1. The molecular weight excluding hydrogens is 274 g/mol. The maximum atomic E-state index is 8.74. The van der Waals surface area contributed by atoms with Crippen molar-refractivity contribution in [2.45, 2.75) is 25.9 Å². The first-order valence-electron chi connectivity index (χ1n) is 6.53. The fourth-order valence-corrected chi connectivity index (χ4v) is 2.65. The molecule has 0 saturated heterocycles. The molecule has 20 heavy (non-hydrogen) atoms. The van der Waals surface area contributed by atoms with Gasteiger partial charge >= 0.3 is 0 Å². The van der Waals surface area contributed by atoms with E-state index in [0.29, 0.717) is 17.4 Å². The summed E-state index contributed by atoms with van der Waals surface area (Å²) in [6, 6.07) is 6.17. The van der Waals surface area contributed by atoms with Crippen LogP contribution >= 0.6 is 11.8 Å². The van der Waals surface area contributed by atoms with Crippen molar-refractivity contribution in [3.05, 3.63) is 29.3 Å². The normalized spacial score (nSPS) is 13.2. The van der Waals surface area contributed by atoms with Gasteiger partial charge in [-0.15, -0.1) is 0 Å². The molecule has 0 aromatic heterocycles. The Hall–Kier alpha value is -1.40. The Kier molecular flexibility index (Phi) is 7.25. The van der Waals surface area contributed by atoms with E-state index >= 15 is 0 Å². The Morgan fingerprint density at radius 3 is 2.85 bits per heavy atom. The molecule has 0 saturated carbocycles. The Morgan fingerprint density at radius 2 is 2.30 bits per heavy atom. The van der Waals surface area contributed by atoms with Gasteiger partial charge in [-0.25, -0.2) is 0 Å². The lowest BCUT2D eigenvalue weighted by Crippen LogP contribution is -2.30. The Morgan fingerprint density at radius 1 is 1.55 bits per heavy atom. The highest BCUT2D eigenvalue weighted by atomic mass is 32.2. The van der Waals surface area contributed by atoms with E-state index in [-0.39, 0.29) is 5.84 Å². The Bertz CT molecular complexity index is 452. The number of oxime groups is 1. The quantitative estimate of drug-likeness (QED) is 0.296. The fraction of sp³-hybridized carbons (Fsp3) is 0.500. The van der Waals surface area contributed by atoms with Crippen molar-refractivity contribution < 1.29 is 9.94 Å². The summed E-state index contributed by atoms with van der Waals surface area (Å²) in [5, 5.41) is 15.3. The van der Waals surface area contributed by atoms with Crippen molar-refractivity contribution in [3.8, 4) is 5.75 Å². The second-order valence-corrected chi connectivity index (χ2v) is 5.37. The van der Waals surface area contributed by atoms with Crippen LogP contribution < -0.4 is 15.8 Å². The van der Waals surface area contributed by atoms with E-state index in [1.165, 1.54) is 0 Å². The van der Waals surface area contributed by atoms with Crippen LogP contribution in [-0.4, -0.2) is 36.2 Å². The minimum Gasteiger partial charge on any atom is -0.496 e. The second-order valence-electron chi connectivity index (χ2n) is 4.46. The number of hydrogen-bond donors (Lipinski definition) is 3. The zero-order valence-corrected chi connectivity index (χ0v) is 13.0. The highest BCUT2D eigenvalue weighted by Gasteiger charge is 2.10. The van der Waals surface area contributed by atoms with E-state index in [1.807, 2.05) is 23.9 Å². The van der Waals surface area contributed by atoms with Gasteiger partial charge in [-0.3, -0.25) is 0 Å². The first kappa shape index (κ1) is 16.7. The molecular formula is C14H23N3O2S. The molecule has 1 aromatic rings. The number of amidine groups is 1. The standard InChI is InChI=1S/C14H23N3O2S/c1-4-11(9-20-3)16-8-10-5-6-12(14(15)17-18)13(7-10)19-2/h5-7,11,16,18H,4,8-9H2,1-3H3,(H2,15,17). The van der Waals surface area contributed by atoms with Crippen molar-refractivity contribution in [2.75, 3.05) is 19.1 Å². The highest BCUT2D eigenvalue weighted by molar-refractivity contribution is 7.98. The van der Waals surface area contributed by atoms with Crippen LogP contribution in [0.5, 0.6) is 5.75 Å². The van der Waals surface area contributed by atoms with E-state index in [2.05, 4.69) is 23.7 Å². The SMILES string of the molecule is CCC(CSC)NCc1ccc(/C(N)=N/O)c(OC)c1. The van der Waals surface area contributed by atoms with Gasteiger partial charge in [0.05, 0.1) is 12.7 Å². The van der Waals surface area contributed by atoms with Crippen molar-refractivity contribution in [1.29, 1.82) is 0 Å². The van der Waals surface area contributed by atoms with Crippen LogP contribution in [-0.2, 0) is 6.54 Å². The van der Waals surface area contributed by atoms with E-state index in [4.69, 9.17) is 15.7 Å². The van der Waals surface area contributed by atoms with Crippen LogP contribution in [0.2, 0.25) is 0 Å². The van der Waals surface area contributed by atoms with E-state index in [0.717, 1.165) is 24.3 Å². The third-order valence-electron chi connectivity index (χ3n) is 3.11. The molecule has 1 unspecified atom stereocenters. The van der Waals surface area contributed by atoms with Gasteiger partial charge in [-0.2, -0.15) is 11.8 Å². The Balaban J connectivity index is 2.78. The van der Waals surface area contributed by atoms with Gasteiger partial charge in [0.15, 0.2) is 5.84 Å². The summed E-state index contributed by atoms with van der Waals surface area (Å²) in [6.45, 7) is 2.95. The van der Waals surface area contributed by atoms with E-state index in [1.54, 1.807) is 13.2 Å². The van der Waals surface area contributed by atoms with Crippen LogP contribution in [0.25, 0.3) is 0 Å². The molecule has 5 nitrogen and oxygen atoms in total. The van der Waals surface area contributed by atoms with Gasteiger partial charge in [0.25, 0.3) is 0 Å². The molecule has 0 fully saturated rings. The molecule has 0 aliphatic carbocycles. The average molecular weight is 297 g/mol. The highest BCUT2D eigenvalue weighted by Crippen LogP contribution is 2.20. The number of nitrogens with two attached hydrogens (primary N) is 1. The average Bonchev–Trinajstić information content (AvgIpc) is 2.50. The molecule has 0 spiro atoms. The number of ether oxygens (including phenoxy) is 1.